The topological polar surface area (TPSA) is 135 Å². The largest absolute Gasteiger partial charge is 0.496 e. The molecule has 142 valence electrons. The quantitative estimate of drug-likeness (QED) is 0.379. The fraction of sp³-hybridized carbons (Fsp3) is 0.0556. The minimum absolute atomic E-state index is 0. The van der Waals surface area contributed by atoms with Crippen LogP contribution in [0.2, 0.25) is 0 Å². The lowest BCUT2D eigenvalue weighted by molar-refractivity contribution is 0.406. The molecular weight excluding hydrogens is 389 g/mol. The molecule has 0 aliphatic rings. The Balaban J connectivity index is 0.00000182. The van der Waals surface area contributed by atoms with Crippen molar-refractivity contribution in [3.8, 4) is 28.3 Å². The van der Waals surface area contributed by atoms with E-state index in [4.69, 9.17) is 31.5 Å². The fourth-order valence-electron chi connectivity index (χ4n) is 2.42. The molecule has 0 atom stereocenters. The SMILES string of the molecule is COc1cc(C(=N)N)ccc1-c1cc(-c2ccc(C(=N)N)cc2)no1.Cl.Cl. The molecule has 7 nitrogen and oxygen atoms in total. The number of rotatable bonds is 5. The number of methoxy groups -OCH3 is 1. The van der Waals surface area contributed by atoms with Crippen molar-refractivity contribution in [1.29, 1.82) is 10.8 Å². The van der Waals surface area contributed by atoms with E-state index in [0.717, 1.165) is 5.56 Å². The summed E-state index contributed by atoms with van der Waals surface area (Å²) in [5.41, 5.74) is 14.4. The van der Waals surface area contributed by atoms with Crippen LogP contribution in [0.5, 0.6) is 5.75 Å². The molecule has 0 spiro atoms. The van der Waals surface area contributed by atoms with Crippen molar-refractivity contribution in [3.05, 3.63) is 59.7 Å². The highest BCUT2D eigenvalue weighted by atomic mass is 35.5. The number of nitrogens with one attached hydrogen (secondary N) is 2. The van der Waals surface area contributed by atoms with Crippen molar-refractivity contribution in [2.45, 2.75) is 0 Å². The van der Waals surface area contributed by atoms with E-state index in [1.165, 1.54) is 0 Å². The second kappa shape index (κ2) is 9.07. The monoisotopic (exact) mass is 407 g/mol. The third-order valence-corrected chi connectivity index (χ3v) is 3.78. The van der Waals surface area contributed by atoms with E-state index in [0.29, 0.717) is 33.9 Å². The minimum atomic E-state index is -0.0336. The third kappa shape index (κ3) is 4.58. The molecule has 2 aromatic carbocycles. The van der Waals surface area contributed by atoms with E-state index in [1.54, 1.807) is 43.5 Å². The first-order valence-electron chi connectivity index (χ1n) is 7.44. The van der Waals surface area contributed by atoms with Crippen molar-refractivity contribution in [2.75, 3.05) is 7.11 Å². The Bertz CT molecular complexity index is 955. The second-order valence-corrected chi connectivity index (χ2v) is 5.40. The van der Waals surface area contributed by atoms with Crippen LogP contribution in [0.4, 0.5) is 0 Å². The van der Waals surface area contributed by atoms with Gasteiger partial charge in [-0.05, 0) is 12.1 Å². The summed E-state index contributed by atoms with van der Waals surface area (Å²) >= 11 is 0. The molecular formula is C18H19Cl2N5O2. The highest BCUT2D eigenvalue weighted by molar-refractivity contribution is 5.96. The van der Waals surface area contributed by atoms with Crippen molar-refractivity contribution < 1.29 is 9.26 Å². The molecule has 1 aromatic heterocycles. The highest BCUT2D eigenvalue weighted by Crippen LogP contribution is 2.33. The van der Waals surface area contributed by atoms with Crippen LogP contribution in [-0.2, 0) is 0 Å². The number of nitrogens with two attached hydrogens (primary N) is 2. The summed E-state index contributed by atoms with van der Waals surface area (Å²) in [5, 5.41) is 19.0. The van der Waals surface area contributed by atoms with Crippen molar-refractivity contribution in [2.24, 2.45) is 11.5 Å². The molecule has 0 aliphatic carbocycles. The van der Waals surface area contributed by atoms with Gasteiger partial charge in [-0.15, -0.1) is 24.8 Å². The molecule has 3 aromatic rings. The lowest BCUT2D eigenvalue weighted by Crippen LogP contribution is -2.11. The van der Waals surface area contributed by atoms with Gasteiger partial charge < -0.3 is 20.7 Å². The van der Waals surface area contributed by atoms with E-state index < -0.39 is 0 Å². The molecule has 0 fully saturated rings. The van der Waals surface area contributed by atoms with Crippen LogP contribution >= 0.6 is 24.8 Å². The van der Waals surface area contributed by atoms with E-state index in [2.05, 4.69) is 5.16 Å². The summed E-state index contributed by atoms with van der Waals surface area (Å²) in [5.74, 6) is 1.07. The molecule has 0 saturated carbocycles. The summed E-state index contributed by atoms with van der Waals surface area (Å²) in [6.45, 7) is 0. The van der Waals surface area contributed by atoms with Gasteiger partial charge in [-0.25, -0.2) is 0 Å². The fourth-order valence-corrected chi connectivity index (χ4v) is 2.42. The van der Waals surface area contributed by atoms with Gasteiger partial charge in [0.05, 0.1) is 12.7 Å². The lowest BCUT2D eigenvalue weighted by atomic mass is 10.1. The zero-order valence-corrected chi connectivity index (χ0v) is 16.0. The standard InChI is InChI=1S/C18H17N5O2.2ClH/c1-24-15-8-12(18(21)22)6-7-13(15)16-9-14(23-25-16)10-2-4-11(5-3-10)17(19)20;;/h2-9H,1H3,(H3,19,20)(H3,21,22);2*1H. The maximum Gasteiger partial charge on any atom is 0.171 e. The Morgan fingerprint density at radius 1 is 0.926 bits per heavy atom. The molecule has 0 aliphatic heterocycles. The molecule has 0 amide bonds. The summed E-state index contributed by atoms with van der Waals surface area (Å²) < 4.78 is 10.8. The van der Waals surface area contributed by atoms with Crippen LogP contribution in [0.1, 0.15) is 11.1 Å². The van der Waals surface area contributed by atoms with Crippen LogP contribution in [-0.4, -0.2) is 23.9 Å². The average Bonchev–Trinajstić information content (AvgIpc) is 3.11. The number of halogens is 2. The number of nitrogen functional groups attached to an aromatic ring is 2. The number of nitrogens with zero attached hydrogens (tertiary/aromatic N) is 1. The summed E-state index contributed by atoms with van der Waals surface area (Å²) in [4.78, 5) is 0. The van der Waals surface area contributed by atoms with Gasteiger partial charge in [0.25, 0.3) is 0 Å². The van der Waals surface area contributed by atoms with E-state index in [9.17, 15) is 0 Å². The van der Waals surface area contributed by atoms with Gasteiger partial charge in [0.1, 0.15) is 23.1 Å². The first kappa shape index (κ1) is 22.0. The van der Waals surface area contributed by atoms with Crippen molar-refractivity contribution in [1.82, 2.24) is 5.16 Å². The smallest absolute Gasteiger partial charge is 0.171 e. The maximum absolute atomic E-state index is 7.51. The van der Waals surface area contributed by atoms with Gasteiger partial charge in [0, 0.05) is 22.8 Å². The number of hydrogen-bond donors (Lipinski definition) is 4. The second-order valence-electron chi connectivity index (χ2n) is 5.40. The molecule has 0 radical (unpaired) electrons. The third-order valence-electron chi connectivity index (χ3n) is 3.78. The molecule has 27 heavy (non-hydrogen) atoms. The predicted molar refractivity (Wildman–Crippen MR) is 110 cm³/mol. The van der Waals surface area contributed by atoms with Crippen LogP contribution in [0.15, 0.2) is 53.1 Å². The number of benzene rings is 2. The van der Waals surface area contributed by atoms with Gasteiger partial charge in [-0.3, -0.25) is 10.8 Å². The van der Waals surface area contributed by atoms with Gasteiger partial charge in [-0.2, -0.15) is 0 Å². The normalized spacial score (nSPS) is 9.67. The highest BCUT2D eigenvalue weighted by Gasteiger charge is 2.14. The Labute approximate surface area is 168 Å². The predicted octanol–water partition coefficient (Wildman–Crippen LogP) is 3.43. The zero-order chi connectivity index (χ0) is 18.0. The van der Waals surface area contributed by atoms with Gasteiger partial charge in [0.15, 0.2) is 5.76 Å². The van der Waals surface area contributed by atoms with Crippen LogP contribution in [0, 0.1) is 10.8 Å². The first-order chi connectivity index (χ1) is 12.0. The number of hydrogen-bond acceptors (Lipinski definition) is 5. The van der Waals surface area contributed by atoms with Crippen molar-refractivity contribution in [3.63, 3.8) is 0 Å². The number of ether oxygens (including phenoxy) is 1. The zero-order valence-electron chi connectivity index (χ0n) is 14.4. The molecule has 9 heteroatoms. The average molecular weight is 408 g/mol. The van der Waals surface area contributed by atoms with Crippen molar-refractivity contribution >= 4 is 36.5 Å². The Hall–Kier alpha value is -3.03. The molecule has 3 rings (SSSR count). The molecule has 1 heterocycles. The molecule has 6 N–H and O–H groups in total. The molecule has 0 saturated heterocycles. The van der Waals surface area contributed by atoms with Crippen LogP contribution in [0.25, 0.3) is 22.6 Å². The summed E-state index contributed by atoms with van der Waals surface area (Å²) in [6, 6.07) is 14.2. The van der Waals surface area contributed by atoms with Gasteiger partial charge in [-0.1, -0.05) is 35.5 Å². The summed E-state index contributed by atoms with van der Waals surface area (Å²) in [6.07, 6.45) is 0. The van der Waals surface area contributed by atoms with Gasteiger partial charge >= 0.3 is 0 Å². The van der Waals surface area contributed by atoms with Gasteiger partial charge in [0.2, 0.25) is 0 Å². The summed E-state index contributed by atoms with van der Waals surface area (Å²) in [7, 11) is 1.54. The van der Waals surface area contributed by atoms with E-state index in [1.807, 2.05) is 12.1 Å². The number of aromatic nitrogens is 1. The Morgan fingerprint density at radius 3 is 2.07 bits per heavy atom. The molecule has 0 unspecified atom stereocenters. The van der Waals surface area contributed by atoms with E-state index in [-0.39, 0.29) is 36.5 Å². The molecule has 0 bridgehead atoms. The Morgan fingerprint density at radius 2 is 1.52 bits per heavy atom. The number of amidine groups is 2. The minimum Gasteiger partial charge on any atom is -0.496 e. The first-order valence-corrected chi connectivity index (χ1v) is 7.44. The maximum atomic E-state index is 7.51. The van der Waals surface area contributed by atoms with Crippen LogP contribution in [0.3, 0.4) is 0 Å². The lowest BCUT2D eigenvalue weighted by Gasteiger charge is -2.07. The van der Waals surface area contributed by atoms with E-state index >= 15 is 0 Å². The van der Waals surface area contributed by atoms with Crippen LogP contribution < -0.4 is 16.2 Å². The Kier molecular flexibility index (Phi) is 7.39.